The smallest absolute Gasteiger partial charge is 0.288 e. The van der Waals surface area contributed by atoms with E-state index in [1.54, 1.807) is 38.6 Å². The van der Waals surface area contributed by atoms with Crippen LogP contribution in [-0.4, -0.2) is 18.0 Å². The Kier molecular flexibility index (Phi) is 4.99. The Morgan fingerprint density at radius 1 is 1.07 bits per heavy atom. The SMILES string of the molecule is COc1ccc(C(NC(=O)c2oc3c(F)cccc3c2C)c2ccncc2)cc1. The largest absolute Gasteiger partial charge is 0.497 e. The quantitative estimate of drug-likeness (QED) is 0.531. The highest BCUT2D eigenvalue weighted by Gasteiger charge is 2.23. The molecular weight excluding hydrogens is 371 g/mol. The summed E-state index contributed by atoms with van der Waals surface area (Å²) in [6.07, 6.45) is 3.33. The number of nitrogens with one attached hydrogen (secondary N) is 1. The van der Waals surface area contributed by atoms with Crippen molar-refractivity contribution in [1.82, 2.24) is 10.3 Å². The lowest BCUT2D eigenvalue weighted by molar-refractivity contribution is 0.0916. The van der Waals surface area contributed by atoms with Gasteiger partial charge in [-0.15, -0.1) is 0 Å². The highest BCUT2D eigenvalue weighted by Crippen LogP contribution is 2.29. The van der Waals surface area contributed by atoms with Crippen LogP contribution in [0.1, 0.15) is 33.3 Å². The standard InChI is InChI=1S/C23H19FN2O3/c1-14-18-4-3-5-19(24)22(18)29-21(14)23(27)26-20(16-10-12-25-13-11-16)15-6-8-17(28-2)9-7-15/h3-13,20H,1-2H3,(H,26,27). The minimum absolute atomic E-state index is 0.0834. The van der Waals surface area contributed by atoms with Gasteiger partial charge in [0.25, 0.3) is 5.91 Å². The topological polar surface area (TPSA) is 64.4 Å². The number of hydrogen-bond acceptors (Lipinski definition) is 4. The van der Waals surface area contributed by atoms with Crippen molar-refractivity contribution in [3.63, 3.8) is 0 Å². The van der Waals surface area contributed by atoms with Crippen molar-refractivity contribution >= 4 is 16.9 Å². The summed E-state index contributed by atoms with van der Waals surface area (Å²) in [7, 11) is 1.60. The summed E-state index contributed by atoms with van der Waals surface area (Å²) >= 11 is 0. The molecule has 1 amide bonds. The van der Waals surface area contributed by atoms with Gasteiger partial charge in [-0.25, -0.2) is 4.39 Å². The van der Waals surface area contributed by atoms with Crippen LogP contribution in [0.5, 0.6) is 5.75 Å². The summed E-state index contributed by atoms with van der Waals surface area (Å²) in [6.45, 7) is 1.75. The molecule has 4 aromatic rings. The van der Waals surface area contributed by atoms with Crippen molar-refractivity contribution in [2.24, 2.45) is 0 Å². The number of furan rings is 1. The third kappa shape index (κ3) is 3.57. The highest BCUT2D eigenvalue weighted by atomic mass is 19.1. The van der Waals surface area contributed by atoms with Crippen LogP contribution >= 0.6 is 0 Å². The van der Waals surface area contributed by atoms with Gasteiger partial charge >= 0.3 is 0 Å². The lowest BCUT2D eigenvalue weighted by atomic mass is 9.99. The third-order valence-electron chi connectivity index (χ3n) is 4.89. The molecule has 6 heteroatoms. The molecule has 2 heterocycles. The molecule has 0 fully saturated rings. The maximum atomic E-state index is 14.1. The molecule has 29 heavy (non-hydrogen) atoms. The van der Waals surface area contributed by atoms with Gasteiger partial charge in [0, 0.05) is 23.3 Å². The molecule has 0 spiro atoms. The molecule has 4 rings (SSSR count). The van der Waals surface area contributed by atoms with E-state index in [0.29, 0.717) is 10.9 Å². The molecule has 5 nitrogen and oxygen atoms in total. The molecule has 1 unspecified atom stereocenters. The summed E-state index contributed by atoms with van der Waals surface area (Å²) < 4.78 is 24.9. The van der Waals surface area contributed by atoms with E-state index >= 15 is 0 Å². The molecule has 0 aliphatic carbocycles. The Hall–Kier alpha value is -3.67. The molecule has 0 saturated carbocycles. The molecule has 1 N–H and O–H groups in total. The zero-order valence-electron chi connectivity index (χ0n) is 16.0. The van der Waals surface area contributed by atoms with Crippen molar-refractivity contribution in [2.75, 3.05) is 7.11 Å². The van der Waals surface area contributed by atoms with E-state index in [2.05, 4.69) is 10.3 Å². The van der Waals surface area contributed by atoms with Crippen molar-refractivity contribution in [3.8, 4) is 5.75 Å². The maximum absolute atomic E-state index is 14.1. The number of ether oxygens (including phenoxy) is 1. The number of aryl methyl sites for hydroxylation is 1. The molecular formula is C23H19FN2O3. The summed E-state index contributed by atoms with van der Waals surface area (Å²) in [5.74, 6) is -0.101. The van der Waals surface area contributed by atoms with Crippen molar-refractivity contribution in [1.29, 1.82) is 0 Å². The highest BCUT2D eigenvalue weighted by molar-refractivity contribution is 5.99. The second-order valence-corrected chi connectivity index (χ2v) is 6.63. The van der Waals surface area contributed by atoms with E-state index < -0.39 is 17.8 Å². The molecule has 0 bridgehead atoms. The Balaban J connectivity index is 1.71. The van der Waals surface area contributed by atoms with Gasteiger partial charge in [0.15, 0.2) is 17.2 Å². The predicted octanol–water partition coefficient (Wildman–Crippen LogP) is 4.80. The number of para-hydroxylation sites is 1. The Bertz CT molecular complexity index is 1150. The van der Waals surface area contributed by atoms with Crippen LogP contribution in [0, 0.1) is 12.7 Å². The van der Waals surface area contributed by atoms with Gasteiger partial charge in [0.2, 0.25) is 0 Å². The third-order valence-corrected chi connectivity index (χ3v) is 4.89. The van der Waals surface area contributed by atoms with Gasteiger partial charge in [-0.2, -0.15) is 0 Å². The number of rotatable bonds is 5. The average Bonchev–Trinajstić information content (AvgIpc) is 3.11. The van der Waals surface area contributed by atoms with Crippen molar-refractivity contribution in [3.05, 3.63) is 95.3 Å². The van der Waals surface area contributed by atoms with E-state index in [1.165, 1.54) is 6.07 Å². The van der Waals surface area contributed by atoms with E-state index in [1.807, 2.05) is 36.4 Å². The number of methoxy groups -OCH3 is 1. The van der Waals surface area contributed by atoms with Crippen LogP contribution in [0.3, 0.4) is 0 Å². The molecule has 0 aliphatic rings. The van der Waals surface area contributed by atoms with Crippen LogP contribution in [0.4, 0.5) is 4.39 Å². The summed E-state index contributed by atoms with van der Waals surface area (Å²) in [5.41, 5.74) is 2.41. The summed E-state index contributed by atoms with van der Waals surface area (Å²) in [4.78, 5) is 17.1. The van der Waals surface area contributed by atoms with Gasteiger partial charge < -0.3 is 14.5 Å². The maximum Gasteiger partial charge on any atom is 0.288 e. The fourth-order valence-corrected chi connectivity index (χ4v) is 3.33. The number of pyridine rings is 1. The fourth-order valence-electron chi connectivity index (χ4n) is 3.33. The Labute approximate surface area is 167 Å². The average molecular weight is 390 g/mol. The van der Waals surface area contributed by atoms with Crippen LogP contribution in [0.15, 0.2) is 71.4 Å². The number of hydrogen-bond donors (Lipinski definition) is 1. The van der Waals surface area contributed by atoms with Gasteiger partial charge in [0.05, 0.1) is 13.2 Å². The Morgan fingerprint density at radius 2 is 1.76 bits per heavy atom. The number of aromatic nitrogens is 1. The van der Waals surface area contributed by atoms with E-state index in [4.69, 9.17) is 9.15 Å². The molecule has 1 atom stereocenters. The van der Waals surface area contributed by atoms with Crippen LogP contribution in [0.25, 0.3) is 11.0 Å². The van der Waals surface area contributed by atoms with Gasteiger partial charge in [-0.3, -0.25) is 9.78 Å². The second-order valence-electron chi connectivity index (χ2n) is 6.63. The summed E-state index contributed by atoms with van der Waals surface area (Å²) in [5, 5.41) is 3.58. The van der Waals surface area contributed by atoms with E-state index in [0.717, 1.165) is 16.9 Å². The number of benzene rings is 2. The zero-order valence-corrected chi connectivity index (χ0v) is 16.0. The number of carbonyl (C=O) groups excluding carboxylic acids is 1. The molecule has 0 saturated heterocycles. The van der Waals surface area contributed by atoms with E-state index in [9.17, 15) is 9.18 Å². The summed E-state index contributed by atoms with van der Waals surface area (Å²) in [6, 6.07) is 15.3. The predicted molar refractivity (Wildman–Crippen MR) is 107 cm³/mol. The van der Waals surface area contributed by atoms with Gasteiger partial charge in [0.1, 0.15) is 5.75 Å². The fraction of sp³-hybridized carbons (Fsp3) is 0.130. The van der Waals surface area contributed by atoms with Gasteiger partial charge in [-0.05, 0) is 48.4 Å². The number of halogens is 1. The molecule has 2 aromatic carbocycles. The normalized spacial score (nSPS) is 12.0. The zero-order chi connectivity index (χ0) is 20.4. The number of nitrogens with zero attached hydrogens (tertiary/aromatic N) is 1. The number of fused-ring (bicyclic) bond motifs is 1. The second kappa shape index (κ2) is 7.75. The molecule has 0 radical (unpaired) electrons. The molecule has 2 aromatic heterocycles. The van der Waals surface area contributed by atoms with Gasteiger partial charge in [-0.1, -0.05) is 24.3 Å². The molecule has 0 aliphatic heterocycles. The lowest BCUT2D eigenvalue weighted by Gasteiger charge is -2.19. The van der Waals surface area contributed by atoms with E-state index in [-0.39, 0.29) is 11.3 Å². The first-order chi connectivity index (χ1) is 14.1. The first kappa shape index (κ1) is 18.7. The lowest BCUT2D eigenvalue weighted by Crippen LogP contribution is -2.29. The van der Waals surface area contributed by atoms with Crippen LogP contribution in [-0.2, 0) is 0 Å². The minimum atomic E-state index is -0.495. The minimum Gasteiger partial charge on any atom is -0.497 e. The van der Waals surface area contributed by atoms with Crippen molar-refractivity contribution in [2.45, 2.75) is 13.0 Å². The first-order valence-corrected chi connectivity index (χ1v) is 9.11. The number of carbonyl (C=O) groups is 1. The first-order valence-electron chi connectivity index (χ1n) is 9.11. The number of amides is 1. The van der Waals surface area contributed by atoms with Crippen LogP contribution in [0.2, 0.25) is 0 Å². The van der Waals surface area contributed by atoms with Crippen molar-refractivity contribution < 1.29 is 18.3 Å². The Morgan fingerprint density at radius 3 is 2.41 bits per heavy atom. The van der Waals surface area contributed by atoms with Crippen LogP contribution < -0.4 is 10.1 Å². The monoisotopic (exact) mass is 390 g/mol. The molecule has 146 valence electrons.